The van der Waals surface area contributed by atoms with E-state index in [2.05, 4.69) is 20.6 Å². The molecule has 0 saturated heterocycles. The zero-order valence-electron chi connectivity index (χ0n) is 14.5. The topological polar surface area (TPSA) is 49.8 Å². The van der Waals surface area contributed by atoms with Gasteiger partial charge in [0.15, 0.2) is 0 Å². The van der Waals surface area contributed by atoms with Gasteiger partial charge in [-0.05, 0) is 42.7 Å². The number of nitrogens with zero attached hydrogens (tertiary/aromatic N) is 2. The van der Waals surface area contributed by atoms with E-state index in [1.54, 1.807) is 12.1 Å². The predicted molar refractivity (Wildman–Crippen MR) is 104 cm³/mol. The summed E-state index contributed by atoms with van der Waals surface area (Å²) in [4.78, 5) is 8.89. The van der Waals surface area contributed by atoms with Crippen LogP contribution in [0.25, 0.3) is 0 Å². The predicted octanol–water partition coefficient (Wildman–Crippen LogP) is 4.84. The summed E-state index contributed by atoms with van der Waals surface area (Å²) >= 11 is 6.17. The number of anilines is 2. The second-order valence-corrected chi connectivity index (χ2v) is 6.37. The van der Waals surface area contributed by atoms with Crippen molar-refractivity contribution in [3.63, 3.8) is 0 Å². The molecule has 0 unspecified atom stereocenters. The quantitative estimate of drug-likeness (QED) is 0.624. The number of aryl methyl sites for hydroxylation is 1. The van der Waals surface area contributed by atoms with Gasteiger partial charge in [0.2, 0.25) is 5.95 Å². The largest absolute Gasteiger partial charge is 0.370 e. The lowest BCUT2D eigenvalue weighted by molar-refractivity contribution is 0.627. The zero-order valence-corrected chi connectivity index (χ0v) is 15.2. The Morgan fingerprint density at radius 2 is 1.77 bits per heavy atom. The van der Waals surface area contributed by atoms with E-state index in [-0.39, 0.29) is 5.82 Å². The Balaban J connectivity index is 1.58. The molecule has 0 amide bonds. The van der Waals surface area contributed by atoms with Crippen LogP contribution in [0, 0.1) is 12.7 Å². The molecule has 0 bridgehead atoms. The fraction of sp³-hybridized carbons (Fsp3) is 0.200. The minimum Gasteiger partial charge on any atom is -0.370 e. The van der Waals surface area contributed by atoms with E-state index in [9.17, 15) is 4.39 Å². The fourth-order valence-electron chi connectivity index (χ4n) is 2.54. The number of halogens is 2. The Morgan fingerprint density at radius 1 is 1.00 bits per heavy atom. The summed E-state index contributed by atoms with van der Waals surface area (Å²) in [6, 6.07) is 16.1. The third-order valence-electron chi connectivity index (χ3n) is 3.88. The third-order valence-corrected chi connectivity index (χ3v) is 4.25. The van der Waals surface area contributed by atoms with Crippen LogP contribution in [0.15, 0.2) is 54.6 Å². The van der Waals surface area contributed by atoms with Crippen molar-refractivity contribution in [3.05, 3.63) is 82.3 Å². The van der Waals surface area contributed by atoms with Crippen molar-refractivity contribution in [3.8, 4) is 0 Å². The molecule has 0 saturated carbocycles. The summed E-state index contributed by atoms with van der Waals surface area (Å²) in [6.45, 7) is 3.18. The standard InChI is InChI=1S/C20H20ClFN4/c1-14-12-19(23-11-10-15-6-8-17(22)9-7-15)26-20(25-14)24-13-16-4-2-3-5-18(16)21/h2-9,12H,10-11,13H2,1H3,(H2,23,24,25,26). The lowest BCUT2D eigenvalue weighted by Crippen LogP contribution is -2.10. The molecular weight excluding hydrogens is 351 g/mol. The molecule has 0 radical (unpaired) electrons. The first-order valence-corrected chi connectivity index (χ1v) is 8.79. The molecular formula is C20H20ClFN4. The van der Waals surface area contributed by atoms with Gasteiger partial charge in [-0.15, -0.1) is 0 Å². The maximum atomic E-state index is 12.9. The van der Waals surface area contributed by atoms with Crippen molar-refractivity contribution in [2.75, 3.05) is 17.2 Å². The molecule has 4 nitrogen and oxygen atoms in total. The number of nitrogens with one attached hydrogen (secondary N) is 2. The van der Waals surface area contributed by atoms with Gasteiger partial charge in [0.25, 0.3) is 0 Å². The molecule has 3 aromatic rings. The zero-order chi connectivity index (χ0) is 18.4. The van der Waals surface area contributed by atoms with Crippen LogP contribution in [0.3, 0.4) is 0 Å². The number of hydrogen-bond acceptors (Lipinski definition) is 4. The Labute approximate surface area is 157 Å². The molecule has 0 aliphatic carbocycles. The lowest BCUT2D eigenvalue weighted by Gasteiger charge is -2.11. The van der Waals surface area contributed by atoms with Crippen LogP contribution in [0.5, 0.6) is 0 Å². The second-order valence-electron chi connectivity index (χ2n) is 5.97. The van der Waals surface area contributed by atoms with Crippen LogP contribution in [-0.2, 0) is 13.0 Å². The summed E-state index contributed by atoms with van der Waals surface area (Å²) in [7, 11) is 0. The van der Waals surface area contributed by atoms with Crippen molar-refractivity contribution in [2.24, 2.45) is 0 Å². The lowest BCUT2D eigenvalue weighted by atomic mass is 10.1. The number of aromatic nitrogens is 2. The third kappa shape index (κ3) is 5.17. The molecule has 6 heteroatoms. The maximum Gasteiger partial charge on any atom is 0.225 e. The van der Waals surface area contributed by atoms with Gasteiger partial charge >= 0.3 is 0 Å². The van der Waals surface area contributed by atoms with Crippen molar-refractivity contribution in [1.82, 2.24) is 9.97 Å². The Bertz CT molecular complexity index is 868. The highest BCUT2D eigenvalue weighted by molar-refractivity contribution is 6.31. The van der Waals surface area contributed by atoms with Gasteiger partial charge in [-0.2, -0.15) is 4.98 Å². The normalized spacial score (nSPS) is 10.6. The second kappa shape index (κ2) is 8.63. The molecule has 134 valence electrons. The van der Waals surface area contributed by atoms with E-state index in [1.807, 2.05) is 37.3 Å². The maximum absolute atomic E-state index is 12.9. The summed E-state index contributed by atoms with van der Waals surface area (Å²) in [5, 5.41) is 7.21. The van der Waals surface area contributed by atoms with Crippen LogP contribution in [0.2, 0.25) is 5.02 Å². The molecule has 0 atom stereocenters. The van der Waals surface area contributed by atoms with Gasteiger partial charge in [-0.25, -0.2) is 9.37 Å². The van der Waals surface area contributed by atoms with Gasteiger partial charge in [0, 0.05) is 29.9 Å². The van der Waals surface area contributed by atoms with Crippen molar-refractivity contribution >= 4 is 23.4 Å². The van der Waals surface area contributed by atoms with Gasteiger partial charge in [-0.1, -0.05) is 41.9 Å². The van der Waals surface area contributed by atoms with Crippen LogP contribution in [0.1, 0.15) is 16.8 Å². The minimum absolute atomic E-state index is 0.220. The number of benzene rings is 2. The Morgan fingerprint density at radius 3 is 2.54 bits per heavy atom. The molecule has 0 aliphatic rings. The van der Waals surface area contributed by atoms with Crippen LogP contribution >= 0.6 is 11.6 Å². The highest BCUT2D eigenvalue weighted by atomic mass is 35.5. The first-order chi connectivity index (χ1) is 12.6. The molecule has 0 fully saturated rings. The smallest absolute Gasteiger partial charge is 0.225 e. The van der Waals surface area contributed by atoms with Gasteiger partial charge < -0.3 is 10.6 Å². The van der Waals surface area contributed by atoms with E-state index >= 15 is 0 Å². The SMILES string of the molecule is Cc1cc(NCCc2ccc(F)cc2)nc(NCc2ccccc2Cl)n1. The van der Waals surface area contributed by atoms with Crippen molar-refractivity contribution in [2.45, 2.75) is 19.9 Å². The van der Waals surface area contributed by atoms with E-state index in [0.717, 1.165) is 29.1 Å². The van der Waals surface area contributed by atoms with Gasteiger partial charge in [-0.3, -0.25) is 0 Å². The monoisotopic (exact) mass is 370 g/mol. The summed E-state index contributed by atoms with van der Waals surface area (Å²) in [5.74, 6) is 1.08. The minimum atomic E-state index is -0.220. The van der Waals surface area contributed by atoms with Crippen LogP contribution in [-0.4, -0.2) is 16.5 Å². The molecule has 1 aromatic heterocycles. The summed E-state index contributed by atoms with van der Waals surface area (Å²) in [6.07, 6.45) is 0.783. The van der Waals surface area contributed by atoms with Crippen LogP contribution in [0.4, 0.5) is 16.2 Å². The van der Waals surface area contributed by atoms with E-state index < -0.39 is 0 Å². The summed E-state index contributed by atoms with van der Waals surface area (Å²) in [5.41, 5.74) is 2.93. The summed E-state index contributed by atoms with van der Waals surface area (Å²) < 4.78 is 12.9. The molecule has 0 aliphatic heterocycles. The van der Waals surface area contributed by atoms with Crippen molar-refractivity contribution < 1.29 is 4.39 Å². The highest BCUT2D eigenvalue weighted by Gasteiger charge is 2.04. The van der Waals surface area contributed by atoms with E-state index in [4.69, 9.17) is 11.6 Å². The van der Waals surface area contributed by atoms with E-state index in [1.165, 1.54) is 12.1 Å². The van der Waals surface area contributed by atoms with Crippen molar-refractivity contribution in [1.29, 1.82) is 0 Å². The molecule has 0 spiro atoms. The number of rotatable bonds is 7. The average molecular weight is 371 g/mol. The molecule has 1 heterocycles. The van der Waals surface area contributed by atoms with E-state index in [0.29, 0.717) is 24.1 Å². The Hall–Kier alpha value is -2.66. The molecule has 2 N–H and O–H groups in total. The first-order valence-electron chi connectivity index (χ1n) is 8.41. The van der Waals surface area contributed by atoms with Crippen LogP contribution < -0.4 is 10.6 Å². The average Bonchev–Trinajstić information content (AvgIpc) is 2.62. The van der Waals surface area contributed by atoms with Gasteiger partial charge in [0.05, 0.1) is 0 Å². The Kier molecular flexibility index (Phi) is 6.02. The number of hydrogen-bond donors (Lipinski definition) is 2. The van der Waals surface area contributed by atoms with Gasteiger partial charge in [0.1, 0.15) is 11.6 Å². The fourth-order valence-corrected chi connectivity index (χ4v) is 2.74. The molecule has 26 heavy (non-hydrogen) atoms. The molecule has 2 aromatic carbocycles. The first kappa shape index (κ1) is 18.1. The highest BCUT2D eigenvalue weighted by Crippen LogP contribution is 2.17. The molecule has 3 rings (SSSR count).